The lowest BCUT2D eigenvalue weighted by atomic mass is 10.2. The summed E-state index contributed by atoms with van der Waals surface area (Å²) in [4.78, 5) is 28.4. The van der Waals surface area contributed by atoms with E-state index in [0.29, 0.717) is 19.8 Å². The molecular weight excluding hydrogens is 278 g/mol. The van der Waals surface area contributed by atoms with Crippen molar-refractivity contribution < 1.29 is 18.8 Å². The predicted octanol–water partition coefficient (Wildman–Crippen LogP) is -0.121. The summed E-state index contributed by atoms with van der Waals surface area (Å²) in [5.74, 6) is -0.858. The minimum atomic E-state index is -0.795. The summed E-state index contributed by atoms with van der Waals surface area (Å²) in [5.41, 5.74) is 5.00. The quantitative estimate of drug-likeness (QED) is 0.754. The van der Waals surface area contributed by atoms with Crippen molar-refractivity contribution in [3.63, 3.8) is 0 Å². The number of aromatic nitrogens is 2. The van der Waals surface area contributed by atoms with Gasteiger partial charge in [0.1, 0.15) is 0 Å². The van der Waals surface area contributed by atoms with Gasteiger partial charge in [-0.05, 0) is 19.8 Å². The van der Waals surface area contributed by atoms with Crippen LogP contribution in [0.15, 0.2) is 4.52 Å². The number of hydrogen-bond donors (Lipinski definition) is 2. The molecule has 1 aromatic heterocycles. The van der Waals surface area contributed by atoms with Crippen molar-refractivity contribution in [2.45, 2.75) is 32.4 Å². The van der Waals surface area contributed by atoms with Crippen molar-refractivity contribution in [2.75, 3.05) is 19.8 Å². The molecule has 1 aromatic rings. The number of ether oxygens (including phenoxy) is 1. The average Bonchev–Trinajstić information content (AvgIpc) is 3.11. The highest BCUT2D eigenvalue weighted by Crippen LogP contribution is 2.17. The molecule has 21 heavy (non-hydrogen) atoms. The van der Waals surface area contributed by atoms with Gasteiger partial charge in [-0.1, -0.05) is 5.16 Å². The molecule has 0 aromatic carbocycles. The van der Waals surface area contributed by atoms with Gasteiger partial charge < -0.3 is 25.2 Å². The summed E-state index contributed by atoms with van der Waals surface area (Å²) in [6, 6.07) is -0.112. The first-order valence-corrected chi connectivity index (χ1v) is 6.86. The van der Waals surface area contributed by atoms with Gasteiger partial charge in [0.15, 0.2) is 5.82 Å². The molecule has 1 aliphatic heterocycles. The van der Waals surface area contributed by atoms with E-state index in [-0.39, 0.29) is 30.3 Å². The summed E-state index contributed by atoms with van der Waals surface area (Å²) in [6.45, 7) is 3.87. The van der Waals surface area contributed by atoms with Crippen molar-refractivity contribution in [3.05, 3.63) is 11.7 Å². The Morgan fingerprint density at radius 3 is 3.05 bits per heavy atom. The highest BCUT2D eigenvalue weighted by Gasteiger charge is 2.28. The summed E-state index contributed by atoms with van der Waals surface area (Å²) in [5, 5.41) is 6.25. The molecule has 9 heteroatoms. The highest BCUT2D eigenvalue weighted by molar-refractivity contribution is 5.87. The molecule has 1 aliphatic rings. The van der Waals surface area contributed by atoms with Crippen LogP contribution in [0.25, 0.3) is 0 Å². The Morgan fingerprint density at radius 1 is 1.57 bits per heavy atom. The Hall–Kier alpha value is -2.16. The van der Waals surface area contributed by atoms with Crippen LogP contribution in [0.5, 0.6) is 0 Å². The van der Waals surface area contributed by atoms with Gasteiger partial charge in [-0.2, -0.15) is 4.98 Å². The molecule has 1 fully saturated rings. The Labute approximate surface area is 121 Å². The van der Waals surface area contributed by atoms with E-state index in [0.717, 1.165) is 12.8 Å². The first-order chi connectivity index (χ1) is 10.1. The van der Waals surface area contributed by atoms with E-state index in [2.05, 4.69) is 20.0 Å². The number of nitrogens with zero attached hydrogens (tertiary/aromatic N) is 3. The normalized spacial score (nSPS) is 18.0. The largest absolute Gasteiger partial charge is 0.380 e. The number of likely N-dealkylation sites (tertiary alicyclic amines) is 1. The van der Waals surface area contributed by atoms with Gasteiger partial charge in [-0.3, -0.25) is 4.79 Å². The lowest BCUT2D eigenvalue weighted by molar-refractivity contribution is 0.0939. The van der Waals surface area contributed by atoms with Gasteiger partial charge in [-0.15, -0.1) is 0 Å². The van der Waals surface area contributed by atoms with Gasteiger partial charge >= 0.3 is 17.8 Å². The number of carbonyl (C=O) groups is 2. The first kappa shape index (κ1) is 15.2. The second-order valence-corrected chi connectivity index (χ2v) is 4.69. The molecule has 0 radical (unpaired) electrons. The Kier molecular flexibility index (Phi) is 5.09. The van der Waals surface area contributed by atoms with Crippen LogP contribution in [0.3, 0.4) is 0 Å². The molecule has 0 bridgehead atoms. The molecule has 3 amide bonds. The summed E-state index contributed by atoms with van der Waals surface area (Å²) in [7, 11) is 0. The third kappa shape index (κ3) is 3.91. The minimum Gasteiger partial charge on any atom is -0.380 e. The number of rotatable bonds is 6. The zero-order valence-corrected chi connectivity index (χ0v) is 11.9. The van der Waals surface area contributed by atoms with Crippen molar-refractivity contribution in [1.82, 2.24) is 20.4 Å². The Morgan fingerprint density at radius 2 is 2.38 bits per heavy atom. The molecule has 2 rings (SSSR count). The van der Waals surface area contributed by atoms with E-state index in [1.165, 1.54) is 0 Å². The third-order valence-electron chi connectivity index (χ3n) is 3.23. The van der Waals surface area contributed by atoms with Crippen molar-refractivity contribution in [2.24, 2.45) is 5.73 Å². The number of carbonyl (C=O) groups excluding carboxylic acids is 2. The topological polar surface area (TPSA) is 124 Å². The lowest BCUT2D eigenvalue weighted by Crippen LogP contribution is -2.44. The van der Waals surface area contributed by atoms with Gasteiger partial charge in [0, 0.05) is 13.2 Å². The van der Waals surface area contributed by atoms with Crippen molar-refractivity contribution in [3.8, 4) is 0 Å². The number of hydrogen-bond acceptors (Lipinski definition) is 6. The fraction of sp³-hybridized carbons (Fsp3) is 0.667. The van der Waals surface area contributed by atoms with Crippen LogP contribution in [0.2, 0.25) is 0 Å². The molecular formula is C12H19N5O4. The standard InChI is InChI=1S/C12H19N5O4/c1-2-20-7-8-4-3-5-17(8)12(19)14-6-9-15-11(10(13)18)21-16-9/h8H,2-7H2,1H3,(H2,13,18)(H,14,19)/t8-/m1/s1. The second kappa shape index (κ2) is 7.02. The number of nitrogens with one attached hydrogen (secondary N) is 1. The molecule has 0 saturated carbocycles. The first-order valence-electron chi connectivity index (χ1n) is 6.86. The SMILES string of the molecule is CCOC[C@H]1CCCN1C(=O)NCc1noc(C(N)=O)n1. The molecule has 116 valence electrons. The van der Waals surface area contributed by atoms with Crippen LogP contribution in [0, 0.1) is 0 Å². The fourth-order valence-corrected chi connectivity index (χ4v) is 2.21. The average molecular weight is 297 g/mol. The molecule has 9 nitrogen and oxygen atoms in total. The van der Waals surface area contributed by atoms with Crippen LogP contribution in [-0.2, 0) is 11.3 Å². The zero-order chi connectivity index (χ0) is 15.2. The number of primary amides is 1. The van der Waals surface area contributed by atoms with Gasteiger partial charge in [0.25, 0.3) is 0 Å². The molecule has 2 heterocycles. The highest BCUT2D eigenvalue weighted by atomic mass is 16.5. The summed E-state index contributed by atoms with van der Waals surface area (Å²) in [6.07, 6.45) is 1.89. The third-order valence-corrected chi connectivity index (χ3v) is 3.23. The Balaban J connectivity index is 1.84. The Bertz CT molecular complexity index is 504. The summed E-state index contributed by atoms with van der Waals surface area (Å²) < 4.78 is 10.0. The van der Waals surface area contributed by atoms with E-state index >= 15 is 0 Å². The van der Waals surface area contributed by atoms with E-state index in [1.807, 2.05) is 6.92 Å². The maximum absolute atomic E-state index is 12.1. The minimum absolute atomic E-state index is 0.0769. The van der Waals surface area contributed by atoms with Gasteiger partial charge in [0.2, 0.25) is 0 Å². The maximum Gasteiger partial charge on any atom is 0.318 e. The van der Waals surface area contributed by atoms with Crippen LogP contribution < -0.4 is 11.1 Å². The molecule has 3 N–H and O–H groups in total. The molecule has 1 saturated heterocycles. The summed E-state index contributed by atoms with van der Waals surface area (Å²) >= 11 is 0. The molecule has 1 atom stereocenters. The fourth-order valence-electron chi connectivity index (χ4n) is 2.21. The number of amides is 3. The van der Waals surface area contributed by atoms with Crippen molar-refractivity contribution in [1.29, 1.82) is 0 Å². The van der Waals surface area contributed by atoms with E-state index < -0.39 is 5.91 Å². The van der Waals surface area contributed by atoms with Crippen LogP contribution in [0.4, 0.5) is 4.79 Å². The second-order valence-electron chi connectivity index (χ2n) is 4.69. The zero-order valence-electron chi connectivity index (χ0n) is 11.9. The van der Waals surface area contributed by atoms with E-state index in [1.54, 1.807) is 4.90 Å². The maximum atomic E-state index is 12.1. The lowest BCUT2D eigenvalue weighted by Gasteiger charge is -2.24. The van der Waals surface area contributed by atoms with Crippen LogP contribution >= 0.6 is 0 Å². The molecule has 0 unspecified atom stereocenters. The monoisotopic (exact) mass is 297 g/mol. The van der Waals surface area contributed by atoms with Gasteiger partial charge in [-0.25, -0.2) is 4.79 Å². The van der Waals surface area contributed by atoms with Crippen LogP contribution in [-0.4, -0.2) is 52.8 Å². The number of nitrogens with two attached hydrogens (primary N) is 1. The number of urea groups is 1. The van der Waals surface area contributed by atoms with Crippen molar-refractivity contribution >= 4 is 11.9 Å². The van der Waals surface area contributed by atoms with Gasteiger partial charge in [0.05, 0.1) is 19.2 Å². The van der Waals surface area contributed by atoms with Crippen LogP contribution in [0.1, 0.15) is 36.3 Å². The molecule has 0 spiro atoms. The smallest absolute Gasteiger partial charge is 0.318 e. The van der Waals surface area contributed by atoms with E-state index in [9.17, 15) is 9.59 Å². The predicted molar refractivity (Wildman–Crippen MR) is 71.3 cm³/mol. The molecule has 0 aliphatic carbocycles. The van der Waals surface area contributed by atoms with E-state index in [4.69, 9.17) is 10.5 Å².